The fraction of sp³-hybridized carbons (Fsp3) is 0.0714. The van der Waals surface area contributed by atoms with E-state index >= 15 is 0 Å². The molecule has 20 heavy (non-hydrogen) atoms. The molecule has 6 heteroatoms. The first-order valence-corrected chi connectivity index (χ1v) is 6.08. The van der Waals surface area contributed by atoms with Crippen molar-refractivity contribution in [1.82, 2.24) is 14.8 Å². The number of benzene rings is 1. The highest BCUT2D eigenvalue weighted by Crippen LogP contribution is 2.20. The maximum Gasteiger partial charge on any atom is 0.170 e. The number of aromatic nitrogens is 3. The molecular formula is C14H13N5O. The Labute approximate surface area is 115 Å². The number of para-hydroxylation sites is 1. The van der Waals surface area contributed by atoms with Crippen LogP contribution in [0, 0.1) is 6.92 Å². The lowest BCUT2D eigenvalue weighted by Gasteiger charge is -2.08. The third-order valence-corrected chi connectivity index (χ3v) is 3.03. The van der Waals surface area contributed by atoms with Crippen molar-refractivity contribution >= 4 is 16.7 Å². The second kappa shape index (κ2) is 4.65. The van der Waals surface area contributed by atoms with Gasteiger partial charge in [0.25, 0.3) is 0 Å². The molecule has 0 amide bonds. The van der Waals surface area contributed by atoms with Gasteiger partial charge in [0, 0.05) is 17.1 Å². The van der Waals surface area contributed by atoms with Crippen molar-refractivity contribution in [2.24, 2.45) is 10.9 Å². The van der Waals surface area contributed by atoms with Crippen LogP contribution < -0.4 is 5.73 Å². The predicted octanol–water partition coefficient (Wildman–Crippen LogP) is 1.82. The molecule has 3 N–H and O–H groups in total. The maximum atomic E-state index is 8.93. The predicted molar refractivity (Wildman–Crippen MR) is 76.1 cm³/mol. The molecule has 0 saturated heterocycles. The summed E-state index contributed by atoms with van der Waals surface area (Å²) in [4.78, 5) is 4.54. The largest absolute Gasteiger partial charge is 0.409 e. The Kier molecular flexibility index (Phi) is 2.83. The zero-order valence-corrected chi connectivity index (χ0v) is 10.9. The molecule has 0 atom stereocenters. The van der Waals surface area contributed by atoms with Gasteiger partial charge >= 0.3 is 0 Å². The summed E-state index contributed by atoms with van der Waals surface area (Å²) in [5.74, 6) is 0.673. The summed E-state index contributed by atoms with van der Waals surface area (Å²) >= 11 is 0. The van der Waals surface area contributed by atoms with Crippen LogP contribution in [0.15, 0.2) is 47.9 Å². The zero-order valence-electron chi connectivity index (χ0n) is 10.9. The van der Waals surface area contributed by atoms with Gasteiger partial charge in [0.15, 0.2) is 11.7 Å². The number of nitrogens with two attached hydrogens (primary N) is 1. The average Bonchev–Trinajstić information content (AvgIpc) is 2.92. The molecule has 6 nitrogen and oxygen atoms in total. The van der Waals surface area contributed by atoms with E-state index < -0.39 is 0 Å². The first-order valence-electron chi connectivity index (χ1n) is 6.08. The van der Waals surface area contributed by atoms with Gasteiger partial charge in [0.05, 0.1) is 11.7 Å². The standard InChI is InChI=1S/C14H13N5O/c1-9-7-16-19(8-9)13-6-11(14(15)18-20)10-4-2-3-5-12(10)17-13/h2-8,20H,1H3,(H2,15,18). The molecule has 0 saturated carbocycles. The van der Waals surface area contributed by atoms with Gasteiger partial charge < -0.3 is 10.9 Å². The summed E-state index contributed by atoms with van der Waals surface area (Å²) in [5.41, 5.74) is 8.18. The van der Waals surface area contributed by atoms with E-state index in [9.17, 15) is 0 Å². The highest BCUT2D eigenvalue weighted by atomic mass is 16.4. The summed E-state index contributed by atoms with van der Waals surface area (Å²) in [5, 5.41) is 17.1. The van der Waals surface area contributed by atoms with Crippen LogP contribution in [0.25, 0.3) is 16.7 Å². The highest BCUT2D eigenvalue weighted by molar-refractivity contribution is 6.08. The molecule has 2 aromatic heterocycles. The molecule has 2 heterocycles. The second-order valence-corrected chi connectivity index (χ2v) is 4.49. The molecule has 0 radical (unpaired) electrons. The summed E-state index contributed by atoms with van der Waals surface area (Å²) in [6, 6.07) is 9.29. The van der Waals surface area contributed by atoms with Crippen LogP contribution in [-0.2, 0) is 0 Å². The van der Waals surface area contributed by atoms with Gasteiger partial charge in [-0.15, -0.1) is 0 Å². The first kappa shape index (κ1) is 12.2. The van der Waals surface area contributed by atoms with E-state index in [1.54, 1.807) is 16.9 Å². The van der Waals surface area contributed by atoms with Crippen LogP contribution in [0.4, 0.5) is 0 Å². The highest BCUT2D eigenvalue weighted by Gasteiger charge is 2.10. The van der Waals surface area contributed by atoms with E-state index in [0.717, 1.165) is 16.5 Å². The fourth-order valence-electron chi connectivity index (χ4n) is 2.08. The van der Waals surface area contributed by atoms with E-state index in [2.05, 4.69) is 15.2 Å². The lowest BCUT2D eigenvalue weighted by Crippen LogP contribution is -2.15. The van der Waals surface area contributed by atoms with E-state index in [0.29, 0.717) is 11.4 Å². The number of rotatable bonds is 2. The summed E-state index contributed by atoms with van der Waals surface area (Å²) in [7, 11) is 0. The van der Waals surface area contributed by atoms with Crippen molar-refractivity contribution in [3.63, 3.8) is 0 Å². The topological polar surface area (TPSA) is 89.3 Å². The smallest absolute Gasteiger partial charge is 0.170 e. The van der Waals surface area contributed by atoms with Crippen LogP contribution in [0.2, 0.25) is 0 Å². The van der Waals surface area contributed by atoms with E-state index in [1.807, 2.05) is 37.4 Å². The van der Waals surface area contributed by atoms with Crippen LogP contribution in [0.5, 0.6) is 0 Å². The zero-order chi connectivity index (χ0) is 14.1. The Morgan fingerprint density at radius 1 is 1.35 bits per heavy atom. The quantitative estimate of drug-likeness (QED) is 0.321. The molecule has 3 aromatic rings. The number of nitrogens with zero attached hydrogens (tertiary/aromatic N) is 4. The third-order valence-electron chi connectivity index (χ3n) is 3.03. The lowest BCUT2D eigenvalue weighted by molar-refractivity contribution is 0.318. The van der Waals surface area contributed by atoms with Crippen LogP contribution in [-0.4, -0.2) is 25.8 Å². The number of fused-ring (bicyclic) bond motifs is 1. The second-order valence-electron chi connectivity index (χ2n) is 4.49. The number of oxime groups is 1. The van der Waals surface area contributed by atoms with Gasteiger partial charge in [-0.05, 0) is 24.6 Å². The van der Waals surface area contributed by atoms with Crippen molar-refractivity contribution in [3.8, 4) is 5.82 Å². The summed E-state index contributed by atoms with van der Waals surface area (Å²) < 4.78 is 1.66. The molecule has 0 aliphatic rings. The Bertz CT molecular complexity index is 806. The van der Waals surface area contributed by atoms with Crippen molar-refractivity contribution < 1.29 is 5.21 Å². The molecule has 3 rings (SSSR count). The molecule has 0 bridgehead atoms. The molecule has 100 valence electrons. The van der Waals surface area contributed by atoms with Crippen LogP contribution in [0.3, 0.4) is 0 Å². The van der Waals surface area contributed by atoms with Crippen molar-refractivity contribution in [3.05, 3.63) is 53.9 Å². The van der Waals surface area contributed by atoms with Crippen LogP contribution in [0.1, 0.15) is 11.1 Å². The minimum absolute atomic E-state index is 0.0497. The van der Waals surface area contributed by atoms with Gasteiger partial charge in [0.2, 0.25) is 0 Å². The van der Waals surface area contributed by atoms with Gasteiger partial charge in [-0.25, -0.2) is 9.67 Å². The number of hydrogen-bond donors (Lipinski definition) is 2. The maximum absolute atomic E-state index is 8.93. The number of amidine groups is 1. The van der Waals surface area contributed by atoms with Gasteiger partial charge in [-0.3, -0.25) is 0 Å². The minimum Gasteiger partial charge on any atom is -0.409 e. The Balaban J connectivity index is 2.30. The van der Waals surface area contributed by atoms with Crippen molar-refractivity contribution in [1.29, 1.82) is 0 Å². The van der Waals surface area contributed by atoms with E-state index in [-0.39, 0.29) is 5.84 Å². The third kappa shape index (κ3) is 1.97. The molecule has 0 fully saturated rings. The lowest BCUT2D eigenvalue weighted by atomic mass is 10.1. The van der Waals surface area contributed by atoms with E-state index in [4.69, 9.17) is 10.9 Å². The normalized spacial score (nSPS) is 11.9. The Morgan fingerprint density at radius 2 is 2.15 bits per heavy atom. The first-order chi connectivity index (χ1) is 9.69. The Morgan fingerprint density at radius 3 is 2.85 bits per heavy atom. The summed E-state index contributed by atoms with van der Waals surface area (Å²) in [6.45, 7) is 1.95. The van der Waals surface area contributed by atoms with Gasteiger partial charge in [-0.2, -0.15) is 5.10 Å². The molecule has 0 aliphatic heterocycles. The van der Waals surface area contributed by atoms with Gasteiger partial charge in [0.1, 0.15) is 0 Å². The average molecular weight is 267 g/mol. The molecule has 0 unspecified atom stereocenters. The van der Waals surface area contributed by atoms with Gasteiger partial charge in [-0.1, -0.05) is 23.4 Å². The Hall–Kier alpha value is -2.89. The minimum atomic E-state index is 0.0497. The number of aryl methyl sites for hydroxylation is 1. The summed E-state index contributed by atoms with van der Waals surface area (Å²) in [6.07, 6.45) is 3.62. The number of hydrogen-bond acceptors (Lipinski definition) is 4. The van der Waals surface area contributed by atoms with Crippen molar-refractivity contribution in [2.45, 2.75) is 6.92 Å². The SMILES string of the molecule is Cc1cnn(-c2cc(C(N)=NO)c3ccccc3n2)c1. The molecule has 0 aliphatic carbocycles. The van der Waals surface area contributed by atoms with E-state index in [1.165, 1.54) is 0 Å². The molecular weight excluding hydrogens is 254 g/mol. The molecule has 1 aromatic carbocycles. The number of pyridine rings is 1. The van der Waals surface area contributed by atoms with Crippen molar-refractivity contribution in [2.75, 3.05) is 0 Å². The fourth-order valence-corrected chi connectivity index (χ4v) is 2.08. The molecule has 0 spiro atoms. The van der Waals surface area contributed by atoms with Crippen LogP contribution >= 0.6 is 0 Å². The monoisotopic (exact) mass is 267 g/mol.